The molecule has 5 heteroatoms. The SMILES string of the molecule is C#Cc1ccc2[nH]nc(NC(=O)CN(C)C)c2c1. The van der Waals surface area contributed by atoms with Gasteiger partial charge in [0.25, 0.3) is 0 Å². The second-order valence-electron chi connectivity index (χ2n) is 4.26. The van der Waals surface area contributed by atoms with E-state index in [2.05, 4.69) is 21.4 Å². The smallest absolute Gasteiger partial charge is 0.239 e. The van der Waals surface area contributed by atoms with E-state index in [4.69, 9.17) is 6.42 Å². The van der Waals surface area contributed by atoms with Crippen molar-refractivity contribution in [2.75, 3.05) is 26.0 Å². The molecule has 18 heavy (non-hydrogen) atoms. The molecule has 0 spiro atoms. The fourth-order valence-electron chi connectivity index (χ4n) is 1.66. The van der Waals surface area contributed by atoms with Gasteiger partial charge in [-0.05, 0) is 32.3 Å². The fraction of sp³-hybridized carbons (Fsp3) is 0.231. The Morgan fingerprint density at radius 3 is 3.00 bits per heavy atom. The molecule has 2 aromatic rings. The third kappa shape index (κ3) is 2.50. The van der Waals surface area contributed by atoms with Crippen LogP contribution in [0.15, 0.2) is 18.2 Å². The lowest BCUT2D eigenvalue weighted by atomic mass is 10.1. The summed E-state index contributed by atoms with van der Waals surface area (Å²) in [6.45, 7) is 0.309. The third-order valence-electron chi connectivity index (χ3n) is 2.45. The van der Waals surface area contributed by atoms with E-state index in [0.717, 1.165) is 16.5 Å². The molecule has 0 aliphatic carbocycles. The highest BCUT2D eigenvalue weighted by Crippen LogP contribution is 2.21. The van der Waals surface area contributed by atoms with E-state index in [9.17, 15) is 4.79 Å². The molecule has 5 nitrogen and oxygen atoms in total. The summed E-state index contributed by atoms with van der Waals surface area (Å²) < 4.78 is 0. The van der Waals surface area contributed by atoms with Gasteiger partial charge < -0.3 is 10.2 Å². The molecular weight excluding hydrogens is 228 g/mol. The van der Waals surface area contributed by atoms with E-state index in [0.29, 0.717) is 12.4 Å². The molecular formula is C13H14N4O. The molecule has 0 atom stereocenters. The van der Waals surface area contributed by atoms with Gasteiger partial charge in [-0.15, -0.1) is 6.42 Å². The molecule has 0 saturated carbocycles. The van der Waals surface area contributed by atoms with Crippen LogP contribution in [0, 0.1) is 12.3 Å². The molecule has 0 bridgehead atoms. The van der Waals surface area contributed by atoms with Crippen LogP contribution in [-0.2, 0) is 4.79 Å². The summed E-state index contributed by atoms with van der Waals surface area (Å²) in [5.74, 6) is 2.96. The Bertz CT molecular complexity index is 621. The van der Waals surface area contributed by atoms with Crippen LogP contribution in [0.5, 0.6) is 0 Å². The van der Waals surface area contributed by atoms with Gasteiger partial charge in [-0.1, -0.05) is 5.92 Å². The predicted octanol–water partition coefficient (Wildman–Crippen LogP) is 1.04. The summed E-state index contributed by atoms with van der Waals surface area (Å²) in [5, 5.41) is 10.5. The minimum absolute atomic E-state index is 0.112. The number of terminal acetylenes is 1. The van der Waals surface area contributed by atoms with E-state index in [1.165, 1.54) is 0 Å². The number of aromatic amines is 1. The van der Waals surface area contributed by atoms with E-state index < -0.39 is 0 Å². The van der Waals surface area contributed by atoms with Crippen molar-refractivity contribution in [2.45, 2.75) is 0 Å². The monoisotopic (exact) mass is 242 g/mol. The second kappa shape index (κ2) is 4.90. The zero-order valence-corrected chi connectivity index (χ0v) is 10.3. The number of nitrogens with one attached hydrogen (secondary N) is 2. The number of nitrogens with zero attached hydrogens (tertiary/aromatic N) is 2. The maximum absolute atomic E-state index is 11.7. The molecule has 0 aliphatic rings. The van der Waals surface area contributed by atoms with Gasteiger partial charge in [0.05, 0.1) is 12.1 Å². The Morgan fingerprint density at radius 1 is 1.56 bits per heavy atom. The number of carbonyl (C=O) groups excluding carboxylic acids is 1. The molecule has 1 aromatic heterocycles. The number of hydrogen-bond acceptors (Lipinski definition) is 3. The van der Waals surface area contributed by atoms with Crippen molar-refractivity contribution in [3.8, 4) is 12.3 Å². The maximum atomic E-state index is 11.7. The number of anilines is 1. The van der Waals surface area contributed by atoms with Gasteiger partial charge in [0.15, 0.2) is 5.82 Å². The van der Waals surface area contributed by atoms with Gasteiger partial charge >= 0.3 is 0 Å². The molecule has 0 radical (unpaired) electrons. The first-order valence-electron chi connectivity index (χ1n) is 5.49. The number of benzene rings is 1. The normalized spacial score (nSPS) is 10.6. The molecule has 1 heterocycles. The molecule has 2 N–H and O–H groups in total. The zero-order chi connectivity index (χ0) is 13.1. The number of aromatic nitrogens is 2. The summed E-state index contributed by atoms with van der Waals surface area (Å²) in [5.41, 5.74) is 1.60. The molecule has 1 amide bonds. The highest BCUT2D eigenvalue weighted by molar-refractivity contribution is 6.00. The standard InChI is InChI=1S/C13H14N4O/c1-4-9-5-6-11-10(7-9)13(16-15-11)14-12(18)8-17(2)3/h1,5-7H,8H2,2-3H3,(H2,14,15,16,18). The quantitative estimate of drug-likeness (QED) is 0.791. The van der Waals surface area contributed by atoms with Crippen molar-refractivity contribution < 1.29 is 4.79 Å². The van der Waals surface area contributed by atoms with Gasteiger partial charge in [0, 0.05) is 10.9 Å². The largest absolute Gasteiger partial charge is 0.308 e. The first-order chi connectivity index (χ1) is 8.60. The number of rotatable bonds is 3. The van der Waals surface area contributed by atoms with Crippen molar-refractivity contribution in [3.63, 3.8) is 0 Å². The average molecular weight is 242 g/mol. The molecule has 1 aromatic carbocycles. The zero-order valence-electron chi connectivity index (χ0n) is 10.3. The van der Waals surface area contributed by atoms with Crippen molar-refractivity contribution in [2.24, 2.45) is 0 Å². The van der Waals surface area contributed by atoms with Crippen molar-refractivity contribution in [1.29, 1.82) is 0 Å². The first kappa shape index (κ1) is 12.1. The lowest BCUT2D eigenvalue weighted by Gasteiger charge is -2.08. The van der Waals surface area contributed by atoms with Crippen LogP contribution in [0.4, 0.5) is 5.82 Å². The van der Waals surface area contributed by atoms with Crippen LogP contribution < -0.4 is 5.32 Å². The average Bonchev–Trinajstić information content (AvgIpc) is 2.70. The highest BCUT2D eigenvalue weighted by atomic mass is 16.2. The third-order valence-corrected chi connectivity index (χ3v) is 2.45. The Labute approximate surface area is 105 Å². The van der Waals surface area contributed by atoms with Crippen molar-refractivity contribution in [3.05, 3.63) is 23.8 Å². The summed E-state index contributed by atoms with van der Waals surface area (Å²) in [7, 11) is 3.66. The first-order valence-corrected chi connectivity index (χ1v) is 5.49. The fourth-order valence-corrected chi connectivity index (χ4v) is 1.66. The molecule has 0 saturated heterocycles. The number of likely N-dealkylation sites (N-methyl/N-ethyl adjacent to an activating group) is 1. The Kier molecular flexibility index (Phi) is 3.31. The molecule has 0 fully saturated rings. The Hall–Kier alpha value is -2.32. The summed E-state index contributed by atoms with van der Waals surface area (Å²) in [6.07, 6.45) is 5.35. The lowest BCUT2D eigenvalue weighted by Crippen LogP contribution is -2.27. The van der Waals surface area contributed by atoms with Crippen molar-refractivity contribution in [1.82, 2.24) is 15.1 Å². The highest BCUT2D eigenvalue weighted by Gasteiger charge is 2.10. The van der Waals surface area contributed by atoms with Crippen LogP contribution in [0.3, 0.4) is 0 Å². The van der Waals surface area contributed by atoms with E-state index in [1.54, 1.807) is 4.90 Å². The maximum Gasteiger partial charge on any atom is 0.239 e. The van der Waals surface area contributed by atoms with Gasteiger partial charge in [-0.25, -0.2) is 0 Å². The van der Waals surface area contributed by atoms with Gasteiger partial charge in [-0.2, -0.15) is 5.10 Å². The number of hydrogen-bond donors (Lipinski definition) is 2. The van der Waals surface area contributed by atoms with Gasteiger partial charge in [0.2, 0.25) is 5.91 Å². The summed E-state index contributed by atoms with van der Waals surface area (Å²) >= 11 is 0. The topological polar surface area (TPSA) is 61.0 Å². The Balaban J connectivity index is 2.28. The molecule has 0 unspecified atom stereocenters. The van der Waals surface area contributed by atoms with Crippen LogP contribution in [0.25, 0.3) is 10.9 Å². The van der Waals surface area contributed by atoms with E-state index >= 15 is 0 Å². The lowest BCUT2D eigenvalue weighted by molar-refractivity contribution is -0.116. The van der Waals surface area contributed by atoms with E-state index in [-0.39, 0.29) is 5.91 Å². The van der Waals surface area contributed by atoms with Gasteiger partial charge in [0.1, 0.15) is 0 Å². The molecule has 0 aliphatic heterocycles. The minimum atomic E-state index is -0.112. The van der Waals surface area contributed by atoms with Crippen LogP contribution in [0.1, 0.15) is 5.56 Å². The van der Waals surface area contributed by atoms with E-state index in [1.807, 2.05) is 32.3 Å². The molecule has 92 valence electrons. The number of carbonyl (C=O) groups is 1. The second-order valence-corrected chi connectivity index (χ2v) is 4.26. The molecule has 2 rings (SSSR count). The van der Waals surface area contributed by atoms with Crippen LogP contribution >= 0.6 is 0 Å². The van der Waals surface area contributed by atoms with Gasteiger partial charge in [-0.3, -0.25) is 9.89 Å². The van der Waals surface area contributed by atoms with Crippen LogP contribution in [0.2, 0.25) is 0 Å². The summed E-state index contributed by atoms with van der Waals surface area (Å²) in [4.78, 5) is 13.5. The predicted molar refractivity (Wildman–Crippen MR) is 71.2 cm³/mol. The van der Waals surface area contributed by atoms with Crippen LogP contribution in [-0.4, -0.2) is 41.6 Å². The number of H-pyrrole nitrogens is 1. The summed E-state index contributed by atoms with van der Waals surface area (Å²) in [6, 6.07) is 5.50. The number of amides is 1. The Morgan fingerprint density at radius 2 is 2.33 bits per heavy atom. The minimum Gasteiger partial charge on any atom is -0.308 e. The number of fused-ring (bicyclic) bond motifs is 1. The van der Waals surface area contributed by atoms with Crippen molar-refractivity contribution >= 4 is 22.6 Å².